The van der Waals surface area contributed by atoms with Gasteiger partial charge in [0.15, 0.2) is 5.65 Å². The van der Waals surface area contributed by atoms with Crippen molar-refractivity contribution in [3.8, 4) is 22.5 Å². The van der Waals surface area contributed by atoms with Gasteiger partial charge in [-0.25, -0.2) is 48.9 Å². The number of halogens is 8. The Morgan fingerprint density at radius 3 is 1.61 bits per heavy atom. The summed E-state index contributed by atoms with van der Waals surface area (Å²) in [4.78, 5) is 67.6. The molecular weight excluding hydrogens is 1000 g/mol. The Labute approximate surface area is 418 Å². The van der Waals surface area contributed by atoms with E-state index in [0.29, 0.717) is 62.5 Å². The van der Waals surface area contributed by atoms with Crippen LogP contribution in [0.3, 0.4) is 0 Å². The van der Waals surface area contributed by atoms with Crippen LogP contribution < -0.4 is 10.6 Å². The molecule has 0 saturated carbocycles. The second-order valence-corrected chi connectivity index (χ2v) is 19.6. The molecule has 26 heteroatoms. The van der Waals surface area contributed by atoms with E-state index < -0.39 is 58.7 Å². The van der Waals surface area contributed by atoms with E-state index in [0.717, 1.165) is 17.9 Å². The van der Waals surface area contributed by atoms with Gasteiger partial charge in [0, 0.05) is 84.9 Å². The zero-order valence-electron chi connectivity index (χ0n) is 39.9. The van der Waals surface area contributed by atoms with Crippen molar-refractivity contribution in [3.63, 3.8) is 0 Å². The van der Waals surface area contributed by atoms with E-state index in [4.69, 9.17) is 37.4 Å². The molecule has 6 aromatic rings. The lowest BCUT2D eigenvalue weighted by atomic mass is 10.1. The van der Waals surface area contributed by atoms with Gasteiger partial charge in [0.1, 0.15) is 38.3 Å². The highest BCUT2D eigenvalue weighted by Gasteiger charge is 2.39. The van der Waals surface area contributed by atoms with Gasteiger partial charge in [0.2, 0.25) is 11.9 Å². The third-order valence-electron chi connectivity index (χ3n) is 11.0. The number of likely N-dealkylation sites (tertiary alicyclic amines) is 2. The molecular formula is C46H50Cl2F6N12O6. The number of nitrogens with zero attached hydrogens (tertiary/aromatic N) is 9. The van der Waals surface area contributed by atoms with Crippen molar-refractivity contribution in [2.24, 2.45) is 0 Å². The Balaban J connectivity index is 0.000000213. The maximum atomic E-state index is 14.0. The van der Waals surface area contributed by atoms with E-state index in [9.17, 15) is 40.7 Å². The molecule has 0 bridgehead atoms. The van der Waals surface area contributed by atoms with E-state index in [1.165, 1.54) is 35.5 Å². The van der Waals surface area contributed by atoms with Crippen molar-refractivity contribution in [1.82, 2.24) is 49.3 Å². The molecule has 72 heavy (non-hydrogen) atoms. The van der Waals surface area contributed by atoms with Crippen molar-refractivity contribution in [2.75, 3.05) is 43.9 Å². The van der Waals surface area contributed by atoms with Crippen molar-refractivity contribution in [1.29, 1.82) is 0 Å². The van der Waals surface area contributed by atoms with Gasteiger partial charge >= 0.3 is 30.6 Å². The molecule has 2 saturated heterocycles. The minimum atomic E-state index is -4.79. The van der Waals surface area contributed by atoms with Crippen LogP contribution in [-0.2, 0) is 26.6 Å². The minimum absolute atomic E-state index is 0.00799. The maximum absolute atomic E-state index is 14.0. The number of alkyl halides is 6. The fourth-order valence-electron chi connectivity index (χ4n) is 7.95. The lowest BCUT2D eigenvalue weighted by molar-refractivity contribution is -0.138. The number of carbonyl (C=O) groups is 3. The summed E-state index contributed by atoms with van der Waals surface area (Å²) in [6.45, 7) is 12.3. The van der Waals surface area contributed by atoms with Gasteiger partial charge in [-0.15, -0.1) is 0 Å². The molecule has 8 rings (SSSR count). The summed E-state index contributed by atoms with van der Waals surface area (Å²) in [6.07, 6.45) is -4.46. The number of hydrogen-bond acceptors (Lipinski definition) is 14. The first-order valence-electron chi connectivity index (χ1n) is 22.4. The first kappa shape index (κ1) is 53.1. The molecule has 18 nitrogen and oxygen atoms in total. The molecule has 2 amide bonds. The van der Waals surface area contributed by atoms with Gasteiger partial charge in [-0.3, -0.25) is 0 Å². The number of ether oxygens (including phenoxy) is 3. The van der Waals surface area contributed by atoms with Crippen LogP contribution in [0.2, 0.25) is 10.3 Å². The van der Waals surface area contributed by atoms with Crippen LogP contribution in [0.4, 0.5) is 52.6 Å². The molecule has 6 aromatic heterocycles. The van der Waals surface area contributed by atoms with Gasteiger partial charge in [0.25, 0.3) is 0 Å². The number of anilines is 2. The number of fused-ring (bicyclic) bond motifs is 2. The topological polar surface area (TPSA) is 208 Å². The summed E-state index contributed by atoms with van der Waals surface area (Å²) in [5.74, 6) is -0.0276. The summed E-state index contributed by atoms with van der Waals surface area (Å²) in [7, 11) is 1.14. The van der Waals surface area contributed by atoms with E-state index >= 15 is 0 Å². The van der Waals surface area contributed by atoms with Crippen LogP contribution in [0.5, 0.6) is 0 Å². The SMILES string of the molecule is CC(C)(C)OC(=O)N1CCC[C@H](Nc2ncc(C(F)(F)F)c(-c3c[nH]c4nc(Cl)ccc34)n2)C1.COC(=O)n1cc(-c2nc(N[C@H]3CCCN(C(=O)OC(C)(C)C)C3)ncc2C(F)(F)F)c2ccc(Cl)nc21. The summed E-state index contributed by atoms with van der Waals surface area (Å²) in [5.41, 5.74) is -3.49. The highest BCUT2D eigenvalue weighted by molar-refractivity contribution is 6.30. The number of pyridine rings is 2. The fourth-order valence-corrected chi connectivity index (χ4v) is 8.24. The van der Waals surface area contributed by atoms with Gasteiger partial charge in [-0.1, -0.05) is 23.2 Å². The first-order valence-corrected chi connectivity index (χ1v) is 23.2. The predicted molar refractivity (Wildman–Crippen MR) is 255 cm³/mol. The minimum Gasteiger partial charge on any atom is -0.452 e. The first-order chi connectivity index (χ1) is 33.7. The molecule has 0 aliphatic carbocycles. The van der Waals surface area contributed by atoms with E-state index in [-0.39, 0.29) is 68.7 Å². The molecule has 2 aliphatic heterocycles. The molecule has 0 aromatic carbocycles. The molecule has 2 fully saturated rings. The van der Waals surface area contributed by atoms with Crippen LogP contribution in [-0.4, -0.2) is 124 Å². The third kappa shape index (κ3) is 12.8. The molecule has 8 heterocycles. The van der Waals surface area contributed by atoms with Crippen LogP contribution in [0, 0.1) is 0 Å². The van der Waals surface area contributed by atoms with E-state index in [1.54, 1.807) is 52.5 Å². The summed E-state index contributed by atoms with van der Waals surface area (Å²) in [5, 5.41) is 7.04. The maximum Gasteiger partial charge on any atom is 0.419 e. The highest BCUT2D eigenvalue weighted by atomic mass is 35.5. The average molecular weight is 1050 g/mol. The second kappa shape index (κ2) is 20.8. The Kier molecular flexibility index (Phi) is 15.3. The summed E-state index contributed by atoms with van der Waals surface area (Å²) >= 11 is 11.9. The van der Waals surface area contributed by atoms with Gasteiger partial charge in [-0.2, -0.15) is 26.3 Å². The number of hydrogen-bond donors (Lipinski definition) is 3. The monoisotopic (exact) mass is 1050 g/mol. The molecule has 0 radical (unpaired) electrons. The number of nitrogens with one attached hydrogen (secondary N) is 3. The molecule has 2 atom stereocenters. The predicted octanol–water partition coefficient (Wildman–Crippen LogP) is 11.1. The Morgan fingerprint density at radius 2 is 1.14 bits per heavy atom. The van der Waals surface area contributed by atoms with Gasteiger partial charge in [-0.05, 0) is 91.5 Å². The average Bonchev–Trinajstić information content (AvgIpc) is 3.88. The van der Waals surface area contributed by atoms with Crippen LogP contribution in [0.1, 0.15) is 78.4 Å². The van der Waals surface area contributed by atoms with E-state index in [2.05, 4.69) is 45.5 Å². The number of aromatic nitrogens is 8. The number of H-pyrrole nitrogens is 1. The molecule has 0 unspecified atom stereocenters. The molecule has 386 valence electrons. The zero-order chi connectivity index (χ0) is 52.5. The molecule has 2 aliphatic rings. The molecule has 3 N–H and O–H groups in total. The van der Waals surface area contributed by atoms with Crippen LogP contribution in [0.25, 0.3) is 44.6 Å². The quantitative estimate of drug-likeness (QED) is 0.0806. The second-order valence-electron chi connectivity index (χ2n) is 18.8. The smallest absolute Gasteiger partial charge is 0.419 e. The normalized spacial score (nSPS) is 16.8. The van der Waals surface area contributed by atoms with Crippen molar-refractivity contribution >= 4 is 75.4 Å². The summed E-state index contributed by atoms with van der Waals surface area (Å²) in [6, 6.07) is 5.38. The number of methoxy groups -OCH3 is 1. The number of rotatable bonds is 6. The lowest BCUT2D eigenvalue weighted by Crippen LogP contribution is -2.47. The van der Waals surface area contributed by atoms with Crippen molar-refractivity contribution in [3.05, 3.63) is 70.5 Å². The van der Waals surface area contributed by atoms with Crippen molar-refractivity contribution < 1.29 is 54.9 Å². The third-order valence-corrected chi connectivity index (χ3v) is 11.4. The number of amides is 2. The largest absolute Gasteiger partial charge is 0.452 e. The zero-order valence-corrected chi connectivity index (χ0v) is 41.4. The van der Waals surface area contributed by atoms with Crippen LogP contribution in [0.15, 0.2) is 49.1 Å². The number of carbonyl (C=O) groups excluding carboxylic acids is 3. The van der Waals surface area contributed by atoms with Crippen LogP contribution >= 0.6 is 23.2 Å². The van der Waals surface area contributed by atoms with E-state index in [1.807, 2.05) is 0 Å². The Morgan fingerprint density at radius 1 is 0.667 bits per heavy atom. The Bertz CT molecular complexity index is 2970. The van der Waals surface area contributed by atoms with Crippen molar-refractivity contribution in [2.45, 2.75) is 103 Å². The standard InChI is InChI=1S/C24H26ClF3N6O4.C22H24ClF3N6O2/c1-23(2,3)38-21(35)33-9-5-6-13(11-33)30-20-29-10-16(24(26,27)28)18(32-20)15-12-34(22(36)37-4)19-14(15)7-8-17(25)31-19;1-21(2,3)34-20(33)32-8-4-5-12(11-32)29-19-28-10-15(22(24,25)26)17(31-19)14-9-27-18-13(14)6-7-16(23)30-18/h7-8,10,12-13H,5-6,9,11H2,1-4H3,(H,29,30,32);6-7,9-10,12H,4-5,8,11H2,1-3H3,(H,27,30)(H,28,29,31)/t13-;12-/m00/s1. The highest BCUT2D eigenvalue weighted by Crippen LogP contribution is 2.41. The number of aromatic amines is 1. The Hall–Kier alpha value is -6.69. The van der Waals surface area contributed by atoms with Gasteiger partial charge < -0.3 is 39.6 Å². The fraction of sp³-hybridized carbons (Fsp3) is 0.457. The lowest BCUT2D eigenvalue weighted by Gasteiger charge is -2.34. The summed E-state index contributed by atoms with van der Waals surface area (Å²) < 4.78 is 99.9. The number of piperidine rings is 2. The van der Waals surface area contributed by atoms with Gasteiger partial charge in [0.05, 0.1) is 18.5 Å². The molecule has 0 spiro atoms.